The second-order valence-corrected chi connectivity index (χ2v) is 9.53. The van der Waals surface area contributed by atoms with Gasteiger partial charge in [-0.1, -0.05) is 25.1 Å². The number of para-hydroxylation sites is 1. The minimum atomic E-state index is -0.285. The number of methoxy groups -OCH3 is 3. The average molecular weight is 514 g/mol. The third-order valence-corrected chi connectivity index (χ3v) is 6.70. The molecule has 1 N–H and O–H groups in total. The van der Waals surface area contributed by atoms with Gasteiger partial charge in [0, 0.05) is 64.3 Å². The second-order valence-electron chi connectivity index (χ2n) is 9.53. The minimum Gasteiger partial charge on any atom is -0.496 e. The molecule has 0 aromatic heterocycles. The van der Waals surface area contributed by atoms with Gasteiger partial charge in [0.25, 0.3) is 5.91 Å². The molecule has 2 amide bonds. The van der Waals surface area contributed by atoms with E-state index in [0.29, 0.717) is 36.7 Å². The molecular formula is C28H39N3O6. The standard InChI is InChI=1S/C28H39N3O6/c1-19-14-31(15-21-9-7-8-10-24(21)35-5)20(2)17-37-25-13-22(29-27(32)18-34-4)11-12-23(25)28(33)30(3)16-26(19)36-6/h7-13,19-20,26H,14-18H2,1-6H3,(H,29,32)/t19-,20+,26-/m0/s1. The molecular weight excluding hydrogens is 474 g/mol. The van der Waals surface area contributed by atoms with Crippen LogP contribution >= 0.6 is 0 Å². The fourth-order valence-electron chi connectivity index (χ4n) is 4.53. The van der Waals surface area contributed by atoms with Crippen LogP contribution < -0.4 is 14.8 Å². The molecule has 1 aliphatic heterocycles. The van der Waals surface area contributed by atoms with Crippen molar-refractivity contribution in [2.75, 3.05) is 60.0 Å². The van der Waals surface area contributed by atoms with Gasteiger partial charge in [-0.25, -0.2) is 0 Å². The van der Waals surface area contributed by atoms with Crippen molar-refractivity contribution in [2.24, 2.45) is 5.92 Å². The summed E-state index contributed by atoms with van der Waals surface area (Å²) in [5.74, 6) is 0.948. The number of benzene rings is 2. The molecule has 0 unspecified atom stereocenters. The SMILES string of the molecule is COCC(=O)Nc1ccc2c(c1)OC[C@@H](C)N(Cc1ccccc1OC)C[C@H](C)[C@@H](OC)CN(C)C2=O. The summed E-state index contributed by atoms with van der Waals surface area (Å²) in [6.07, 6.45) is -0.155. The molecule has 1 aliphatic rings. The van der Waals surface area contributed by atoms with Crippen LogP contribution in [0.15, 0.2) is 42.5 Å². The Morgan fingerprint density at radius 3 is 2.57 bits per heavy atom. The molecule has 0 saturated heterocycles. The third kappa shape index (κ3) is 7.44. The van der Waals surface area contributed by atoms with Crippen LogP contribution in [0, 0.1) is 5.92 Å². The highest BCUT2D eigenvalue weighted by Gasteiger charge is 2.29. The van der Waals surface area contributed by atoms with Gasteiger partial charge in [0.1, 0.15) is 24.7 Å². The Morgan fingerprint density at radius 1 is 1.11 bits per heavy atom. The van der Waals surface area contributed by atoms with E-state index in [2.05, 4.69) is 30.1 Å². The molecule has 0 bridgehead atoms. The van der Waals surface area contributed by atoms with Gasteiger partial charge in [-0.05, 0) is 31.0 Å². The number of carbonyl (C=O) groups excluding carboxylic acids is 2. The summed E-state index contributed by atoms with van der Waals surface area (Å²) in [5.41, 5.74) is 2.05. The number of nitrogens with zero attached hydrogens (tertiary/aromatic N) is 2. The number of rotatable bonds is 7. The quantitative estimate of drug-likeness (QED) is 0.608. The zero-order valence-electron chi connectivity index (χ0n) is 22.7. The number of hydrogen-bond acceptors (Lipinski definition) is 7. The Bertz CT molecular complexity index is 1060. The molecule has 3 atom stereocenters. The molecule has 2 aromatic rings. The lowest BCUT2D eigenvalue weighted by atomic mass is 10.0. The van der Waals surface area contributed by atoms with Crippen molar-refractivity contribution < 1.29 is 28.5 Å². The van der Waals surface area contributed by atoms with Crippen LogP contribution in [0.2, 0.25) is 0 Å². The predicted octanol–water partition coefficient (Wildman–Crippen LogP) is 3.29. The Balaban J connectivity index is 1.95. The monoisotopic (exact) mass is 513 g/mol. The highest BCUT2D eigenvalue weighted by atomic mass is 16.5. The van der Waals surface area contributed by atoms with E-state index < -0.39 is 0 Å². The van der Waals surface area contributed by atoms with Gasteiger partial charge in [-0.3, -0.25) is 14.5 Å². The Labute approximate surface area is 219 Å². The zero-order valence-corrected chi connectivity index (χ0v) is 22.7. The van der Waals surface area contributed by atoms with Crippen LogP contribution in [-0.2, 0) is 20.8 Å². The topological polar surface area (TPSA) is 89.6 Å². The van der Waals surface area contributed by atoms with Gasteiger partial charge >= 0.3 is 0 Å². The Hall–Kier alpha value is -3.14. The molecule has 0 spiro atoms. The lowest BCUT2D eigenvalue weighted by Crippen LogP contribution is -2.46. The van der Waals surface area contributed by atoms with Gasteiger partial charge in [-0.2, -0.15) is 0 Å². The summed E-state index contributed by atoms with van der Waals surface area (Å²) >= 11 is 0. The van der Waals surface area contributed by atoms with E-state index in [-0.39, 0.29) is 36.5 Å². The van der Waals surface area contributed by atoms with Crippen LogP contribution in [0.25, 0.3) is 0 Å². The maximum absolute atomic E-state index is 13.4. The number of nitrogens with one attached hydrogen (secondary N) is 1. The smallest absolute Gasteiger partial charge is 0.257 e. The zero-order chi connectivity index (χ0) is 26.9. The molecule has 0 radical (unpaired) electrons. The maximum Gasteiger partial charge on any atom is 0.257 e. The normalized spacial score (nSPS) is 21.3. The lowest BCUT2D eigenvalue weighted by Gasteiger charge is -2.36. The van der Waals surface area contributed by atoms with Crippen molar-refractivity contribution in [1.29, 1.82) is 0 Å². The van der Waals surface area contributed by atoms with E-state index in [4.69, 9.17) is 18.9 Å². The molecule has 1 heterocycles. The molecule has 37 heavy (non-hydrogen) atoms. The van der Waals surface area contributed by atoms with Crippen LogP contribution in [-0.4, -0.2) is 88.4 Å². The van der Waals surface area contributed by atoms with Crippen molar-refractivity contribution in [3.8, 4) is 11.5 Å². The molecule has 2 aromatic carbocycles. The molecule has 9 nitrogen and oxygen atoms in total. The number of carbonyl (C=O) groups is 2. The van der Waals surface area contributed by atoms with Gasteiger partial charge < -0.3 is 29.2 Å². The Kier molecular flexibility index (Phi) is 10.3. The van der Waals surface area contributed by atoms with E-state index in [9.17, 15) is 9.59 Å². The summed E-state index contributed by atoms with van der Waals surface area (Å²) in [6.45, 7) is 6.37. The summed E-state index contributed by atoms with van der Waals surface area (Å²) in [5, 5.41) is 2.78. The largest absolute Gasteiger partial charge is 0.496 e. The second kappa shape index (κ2) is 13.4. The van der Waals surface area contributed by atoms with Gasteiger partial charge in [0.15, 0.2) is 0 Å². The number of hydrogen-bond donors (Lipinski definition) is 1. The predicted molar refractivity (Wildman–Crippen MR) is 142 cm³/mol. The fraction of sp³-hybridized carbons (Fsp3) is 0.500. The maximum atomic E-state index is 13.4. The first-order chi connectivity index (χ1) is 17.8. The summed E-state index contributed by atoms with van der Waals surface area (Å²) in [4.78, 5) is 29.4. The van der Waals surface area contributed by atoms with Crippen molar-refractivity contribution in [2.45, 2.75) is 32.5 Å². The molecule has 3 rings (SSSR count). The van der Waals surface area contributed by atoms with Gasteiger partial charge in [0.05, 0.1) is 18.8 Å². The van der Waals surface area contributed by atoms with Crippen LogP contribution in [0.3, 0.4) is 0 Å². The van der Waals surface area contributed by atoms with E-state index in [1.54, 1.807) is 44.4 Å². The molecule has 0 saturated carbocycles. The first-order valence-corrected chi connectivity index (χ1v) is 12.5. The number of anilines is 1. The van der Waals surface area contributed by atoms with Crippen LogP contribution in [0.4, 0.5) is 5.69 Å². The highest BCUT2D eigenvalue weighted by Crippen LogP contribution is 2.28. The summed E-state index contributed by atoms with van der Waals surface area (Å²) < 4.78 is 22.6. The van der Waals surface area contributed by atoms with Gasteiger partial charge in [0.2, 0.25) is 5.91 Å². The van der Waals surface area contributed by atoms with Crippen molar-refractivity contribution >= 4 is 17.5 Å². The van der Waals surface area contributed by atoms with E-state index in [1.165, 1.54) is 7.11 Å². The van der Waals surface area contributed by atoms with Crippen molar-refractivity contribution in [1.82, 2.24) is 9.80 Å². The molecule has 0 aliphatic carbocycles. The number of amides is 2. The first-order valence-electron chi connectivity index (χ1n) is 12.5. The number of ether oxygens (including phenoxy) is 4. The third-order valence-electron chi connectivity index (χ3n) is 6.70. The first kappa shape index (κ1) is 28.4. The van der Waals surface area contributed by atoms with E-state index in [0.717, 1.165) is 17.9 Å². The summed E-state index contributed by atoms with van der Waals surface area (Å²) in [6, 6.07) is 13.1. The lowest BCUT2D eigenvalue weighted by molar-refractivity contribution is -0.119. The molecule has 0 fully saturated rings. The van der Waals surface area contributed by atoms with Crippen molar-refractivity contribution in [3.05, 3.63) is 53.6 Å². The number of likely N-dealkylation sites (N-methyl/N-ethyl adjacent to an activating group) is 1. The highest BCUT2D eigenvalue weighted by molar-refractivity contribution is 5.98. The van der Waals surface area contributed by atoms with E-state index in [1.807, 2.05) is 18.2 Å². The number of fused-ring (bicyclic) bond motifs is 1. The summed E-state index contributed by atoms with van der Waals surface area (Å²) in [7, 11) is 6.59. The Morgan fingerprint density at radius 2 is 1.86 bits per heavy atom. The average Bonchev–Trinajstić information content (AvgIpc) is 2.89. The van der Waals surface area contributed by atoms with Crippen LogP contribution in [0.1, 0.15) is 29.8 Å². The minimum absolute atomic E-state index is 0.0108. The fourth-order valence-corrected chi connectivity index (χ4v) is 4.53. The molecule has 9 heteroatoms. The van der Waals surface area contributed by atoms with Crippen molar-refractivity contribution in [3.63, 3.8) is 0 Å². The van der Waals surface area contributed by atoms with Crippen LogP contribution in [0.5, 0.6) is 11.5 Å². The molecule has 202 valence electrons. The van der Waals surface area contributed by atoms with Gasteiger partial charge in [-0.15, -0.1) is 0 Å². The van der Waals surface area contributed by atoms with E-state index >= 15 is 0 Å².